The molecule has 2 aromatic rings. The molecule has 0 atom stereocenters. The third-order valence-electron chi connectivity index (χ3n) is 2.58. The minimum absolute atomic E-state index is 0.0448. The third-order valence-corrected chi connectivity index (χ3v) is 3.38. The molecular weight excluding hydrogens is 280 g/mol. The van der Waals surface area contributed by atoms with Crippen molar-refractivity contribution in [2.24, 2.45) is 0 Å². The standard InChI is InChI=1S/C13H12N2O4S/c1-7-2-3-8(4-10(7)16)12(19)15-13-14-9(6-20-13)5-11(17)18/h2-4,6,16H,5H2,1H3,(H,17,18)(H,14,15,19). The van der Waals surface area contributed by atoms with Crippen LogP contribution in [0.4, 0.5) is 5.13 Å². The van der Waals surface area contributed by atoms with Gasteiger partial charge in [0.25, 0.3) is 5.91 Å². The van der Waals surface area contributed by atoms with E-state index in [0.29, 0.717) is 22.0 Å². The quantitative estimate of drug-likeness (QED) is 0.800. The van der Waals surface area contributed by atoms with Gasteiger partial charge >= 0.3 is 5.97 Å². The van der Waals surface area contributed by atoms with Crippen molar-refractivity contribution in [2.45, 2.75) is 13.3 Å². The van der Waals surface area contributed by atoms with E-state index >= 15 is 0 Å². The van der Waals surface area contributed by atoms with Crippen LogP contribution in [0, 0.1) is 6.92 Å². The SMILES string of the molecule is Cc1ccc(C(=O)Nc2nc(CC(=O)O)cs2)cc1O. The van der Waals surface area contributed by atoms with Crippen molar-refractivity contribution in [1.82, 2.24) is 4.98 Å². The van der Waals surface area contributed by atoms with Crippen LogP contribution in [0.5, 0.6) is 5.75 Å². The van der Waals surface area contributed by atoms with Crippen molar-refractivity contribution in [2.75, 3.05) is 5.32 Å². The smallest absolute Gasteiger partial charge is 0.309 e. The number of nitrogens with zero attached hydrogens (tertiary/aromatic N) is 1. The second kappa shape index (κ2) is 5.70. The van der Waals surface area contributed by atoms with Gasteiger partial charge in [0, 0.05) is 10.9 Å². The molecule has 0 unspecified atom stereocenters. The molecule has 104 valence electrons. The maximum atomic E-state index is 11.9. The number of carbonyl (C=O) groups is 2. The molecule has 7 heteroatoms. The molecule has 0 aliphatic rings. The van der Waals surface area contributed by atoms with Crippen molar-refractivity contribution in [3.8, 4) is 5.75 Å². The number of phenols is 1. The van der Waals surface area contributed by atoms with Gasteiger partial charge in [-0.15, -0.1) is 11.3 Å². The van der Waals surface area contributed by atoms with Gasteiger partial charge in [0.1, 0.15) is 5.75 Å². The van der Waals surface area contributed by atoms with Gasteiger partial charge in [-0.25, -0.2) is 4.98 Å². The van der Waals surface area contributed by atoms with E-state index in [1.54, 1.807) is 24.4 Å². The topological polar surface area (TPSA) is 99.5 Å². The third kappa shape index (κ3) is 3.33. The molecule has 20 heavy (non-hydrogen) atoms. The largest absolute Gasteiger partial charge is 0.508 e. The van der Waals surface area contributed by atoms with E-state index in [1.807, 2.05) is 0 Å². The van der Waals surface area contributed by atoms with Gasteiger partial charge in [-0.3, -0.25) is 14.9 Å². The van der Waals surface area contributed by atoms with Crippen molar-refractivity contribution < 1.29 is 19.8 Å². The summed E-state index contributed by atoms with van der Waals surface area (Å²) in [7, 11) is 0. The van der Waals surface area contributed by atoms with E-state index in [9.17, 15) is 14.7 Å². The van der Waals surface area contributed by atoms with Gasteiger partial charge in [0.05, 0.1) is 12.1 Å². The predicted octanol–water partition coefficient (Wildman–Crippen LogP) is 2.04. The average molecular weight is 292 g/mol. The summed E-state index contributed by atoms with van der Waals surface area (Å²) in [4.78, 5) is 26.5. The summed E-state index contributed by atoms with van der Waals surface area (Å²) in [6.07, 6.45) is -0.183. The predicted molar refractivity (Wildman–Crippen MR) is 74.3 cm³/mol. The molecule has 0 saturated carbocycles. The number of carboxylic acids is 1. The molecule has 3 N–H and O–H groups in total. The molecule has 0 radical (unpaired) electrons. The van der Waals surface area contributed by atoms with Crippen LogP contribution >= 0.6 is 11.3 Å². The molecule has 0 aliphatic carbocycles. The summed E-state index contributed by atoms with van der Waals surface area (Å²) >= 11 is 1.15. The molecule has 0 spiro atoms. The van der Waals surface area contributed by atoms with Gasteiger partial charge < -0.3 is 10.2 Å². The number of amides is 1. The Hall–Kier alpha value is -2.41. The van der Waals surface area contributed by atoms with Crippen molar-refractivity contribution in [3.63, 3.8) is 0 Å². The maximum Gasteiger partial charge on any atom is 0.309 e. The van der Waals surface area contributed by atoms with E-state index in [2.05, 4.69) is 10.3 Å². The fraction of sp³-hybridized carbons (Fsp3) is 0.154. The minimum atomic E-state index is -0.975. The first-order valence-electron chi connectivity index (χ1n) is 5.73. The first kappa shape index (κ1) is 14.0. The highest BCUT2D eigenvalue weighted by atomic mass is 32.1. The van der Waals surface area contributed by atoms with Crippen molar-refractivity contribution in [1.29, 1.82) is 0 Å². The Kier molecular flexibility index (Phi) is 3.99. The summed E-state index contributed by atoms with van der Waals surface area (Å²) in [5, 5.41) is 22.7. The summed E-state index contributed by atoms with van der Waals surface area (Å²) < 4.78 is 0. The Morgan fingerprint density at radius 2 is 2.15 bits per heavy atom. The lowest BCUT2D eigenvalue weighted by molar-refractivity contribution is -0.136. The molecule has 0 bridgehead atoms. The van der Waals surface area contributed by atoms with Crippen LogP contribution < -0.4 is 5.32 Å². The first-order valence-corrected chi connectivity index (χ1v) is 6.61. The average Bonchev–Trinajstić information content (AvgIpc) is 2.79. The normalized spacial score (nSPS) is 10.2. The number of aromatic nitrogens is 1. The Morgan fingerprint density at radius 1 is 1.40 bits per heavy atom. The highest BCUT2D eigenvalue weighted by Gasteiger charge is 2.11. The number of phenolic OH excluding ortho intramolecular Hbond substituents is 1. The second-order valence-corrected chi connectivity index (χ2v) is 5.03. The van der Waals surface area contributed by atoms with Crippen LogP contribution in [-0.4, -0.2) is 27.1 Å². The van der Waals surface area contributed by atoms with E-state index in [4.69, 9.17) is 5.11 Å². The van der Waals surface area contributed by atoms with Crippen molar-refractivity contribution >= 4 is 28.3 Å². The molecule has 6 nitrogen and oxygen atoms in total. The number of anilines is 1. The van der Waals surface area contributed by atoms with E-state index in [1.165, 1.54) is 6.07 Å². The van der Waals surface area contributed by atoms with E-state index in [-0.39, 0.29) is 12.2 Å². The molecule has 1 aromatic heterocycles. The number of hydrogen-bond acceptors (Lipinski definition) is 5. The summed E-state index contributed by atoms with van der Waals surface area (Å²) in [5.74, 6) is -1.34. The Balaban J connectivity index is 2.09. The lowest BCUT2D eigenvalue weighted by atomic mass is 10.1. The van der Waals surface area contributed by atoms with E-state index in [0.717, 1.165) is 11.3 Å². The Labute approximate surface area is 118 Å². The molecule has 0 fully saturated rings. The molecule has 1 heterocycles. The number of thiazole rings is 1. The van der Waals surface area contributed by atoms with Gasteiger partial charge in [-0.1, -0.05) is 6.07 Å². The number of carboxylic acid groups (broad SMARTS) is 1. The zero-order valence-electron chi connectivity index (χ0n) is 10.6. The van der Waals surface area contributed by atoms with Crippen LogP contribution in [-0.2, 0) is 11.2 Å². The lowest BCUT2D eigenvalue weighted by Crippen LogP contribution is -2.12. The number of aliphatic carboxylic acids is 1. The fourth-order valence-corrected chi connectivity index (χ4v) is 2.23. The molecule has 0 aliphatic heterocycles. The highest BCUT2D eigenvalue weighted by molar-refractivity contribution is 7.14. The summed E-state index contributed by atoms with van der Waals surface area (Å²) in [6.45, 7) is 1.73. The molecule has 1 aromatic carbocycles. The number of hydrogen-bond donors (Lipinski definition) is 3. The zero-order valence-corrected chi connectivity index (χ0v) is 11.4. The van der Waals surface area contributed by atoms with Crippen LogP contribution in [0.15, 0.2) is 23.6 Å². The fourth-order valence-electron chi connectivity index (χ4n) is 1.52. The summed E-state index contributed by atoms with van der Waals surface area (Å²) in [5.41, 5.74) is 1.38. The molecule has 2 rings (SSSR count). The van der Waals surface area contributed by atoms with Crippen LogP contribution in [0.3, 0.4) is 0 Å². The number of aryl methyl sites for hydroxylation is 1. The van der Waals surface area contributed by atoms with Gasteiger partial charge in [0.15, 0.2) is 5.13 Å². The van der Waals surface area contributed by atoms with Crippen LogP contribution in [0.2, 0.25) is 0 Å². The molecular formula is C13H12N2O4S. The van der Waals surface area contributed by atoms with Crippen LogP contribution in [0.1, 0.15) is 21.6 Å². The first-order chi connectivity index (χ1) is 9.45. The number of carbonyl (C=O) groups excluding carboxylic acids is 1. The van der Waals surface area contributed by atoms with Crippen molar-refractivity contribution in [3.05, 3.63) is 40.4 Å². The minimum Gasteiger partial charge on any atom is -0.508 e. The lowest BCUT2D eigenvalue weighted by Gasteiger charge is -2.04. The monoisotopic (exact) mass is 292 g/mol. The maximum absolute atomic E-state index is 11.9. The highest BCUT2D eigenvalue weighted by Crippen LogP contribution is 2.20. The molecule has 0 saturated heterocycles. The summed E-state index contributed by atoms with van der Waals surface area (Å²) in [6, 6.07) is 4.61. The Morgan fingerprint density at radius 3 is 2.80 bits per heavy atom. The van der Waals surface area contributed by atoms with Gasteiger partial charge in [-0.05, 0) is 24.6 Å². The van der Waals surface area contributed by atoms with E-state index < -0.39 is 11.9 Å². The number of nitrogens with one attached hydrogen (secondary N) is 1. The second-order valence-electron chi connectivity index (χ2n) is 4.17. The van der Waals surface area contributed by atoms with Crippen LogP contribution in [0.25, 0.3) is 0 Å². The van der Waals surface area contributed by atoms with Gasteiger partial charge in [-0.2, -0.15) is 0 Å². The Bertz CT molecular complexity index is 666. The van der Waals surface area contributed by atoms with Gasteiger partial charge in [0.2, 0.25) is 0 Å². The number of aromatic hydroxyl groups is 1. The number of benzene rings is 1. The number of rotatable bonds is 4. The zero-order chi connectivity index (χ0) is 14.7. The molecule has 1 amide bonds.